The van der Waals surface area contributed by atoms with Crippen molar-refractivity contribution in [1.82, 2.24) is 9.80 Å². The zero-order valence-corrected chi connectivity index (χ0v) is 16.2. The van der Waals surface area contributed by atoms with Crippen molar-refractivity contribution in [3.05, 3.63) is 66.0 Å². The first-order chi connectivity index (χ1) is 13.6. The zero-order valence-electron chi connectivity index (χ0n) is 16.2. The molecule has 5 nitrogen and oxygen atoms in total. The summed E-state index contributed by atoms with van der Waals surface area (Å²) in [6, 6.07) is 15.7. The lowest BCUT2D eigenvalue weighted by atomic mass is 10.1. The van der Waals surface area contributed by atoms with Crippen LogP contribution in [-0.4, -0.2) is 61.2 Å². The minimum absolute atomic E-state index is 0.0302. The molecule has 3 rings (SSSR count). The smallest absolute Gasteiger partial charge is 0.261 e. The van der Waals surface area contributed by atoms with Crippen LogP contribution in [0.2, 0.25) is 0 Å². The quantitative estimate of drug-likeness (QED) is 0.700. The van der Waals surface area contributed by atoms with Crippen LogP contribution in [-0.2, 0) is 16.1 Å². The maximum absolute atomic E-state index is 13.0. The molecule has 0 aliphatic carbocycles. The van der Waals surface area contributed by atoms with Crippen LogP contribution in [0.25, 0.3) is 0 Å². The van der Waals surface area contributed by atoms with Crippen LogP contribution in [0, 0.1) is 5.82 Å². The highest BCUT2D eigenvalue weighted by atomic mass is 19.1. The Balaban J connectivity index is 1.64. The van der Waals surface area contributed by atoms with E-state index in [1.807, 2.05) is 35.2 Å². The highest BCUT2D eigenvalue weighted by Crippen LogP contribution is 2.14. The molecule has 150 valence electrons. The molecule has 0 N–H and O–H groups in total. The zero-order chi connectivity index (χ0) is 19.8. The lowest BCUT2D eigenvalue weighted by molar-refractivity contribution is -0.136. The number of nitrogens with zero attached hydrogens (tertiary/aromatic N) is 2. The first-order valence-corrected chi connectivity index (χ1v) is 9.63. The summed E-state index contributed by atoms with van der Waals surface area (Å²) >= 11 is 0. The number of rotatable bonds is 8. The highest BCUT2D eigenvalue weighted by molar-refractivity contribution is 5.78. The SMILES string of the molecule is CC(CN1CCOCC1)N(Cc1ccccc1)C(=O)COc1ccc(F)cc1. The van der Waals surface area contributed by atoms with Gasteiger partial charge in [-0.3, -0.25) is 9.69 Å². The Hall–Kier alpha value is -2.44. The van der Waals surface area contributed by atoms with E-state index in [0.717, 1.165) is 38.4 Å². The number of morpholine rings is 1. The van der Waals surface area contributed by atoms with Gasteiger partial charge in [-0.2, -0.15) is 0 Å². The van der Waals surface area contributed by atoms with Gasteiger partial charge >= 0.3 is 0 Å². The number of carbonyl (C=O) groups excluding carboxylic acids is 1. The molecular formula is C22H27FN2O3. The fourth-order valence-corrected chi connectivity index (χ4v) is 3.28. The lowest BCUT2D eigenvalue weighted by Gasteiger charge is -2.35. The van der Waals surface area contributed by atoms with Gasteiger partial charge in [-0.05, 0) is 36.8 Å². The molecule has 1 aliphatic heterocycles. The topological polar surface area (TPSA) is 42.0 Å². The second-order valence-corrected chi connectivity index (χ2v) is 7.01. The fourth-order valence-electron chi connectivity index (χ4n) is 3.28. The predicted molar refractivity (Wildman–Crippen MR) is 106 cm³/mol. The molecule has 0 saturated carbocycles. The van der Waals surface area contributed by atoms with Gasteiger partial charge in [0, 0.05) is 32.2 Å². The molecule has 2 aromatic carbocycles. The molecule has 1 saturated heterocycles. The highest BCUT2D eigenvalue weighted by Gasteiger charge is 2.24. The minimum atomic E-state index is -0.330. The van der Waals surface area contributed by atoms with E-state index >= 15 is 0 Å². The lowest BCUT2D eigenvalue weighted by Crippen LogP contribution is -2.49. The Morgan fingerprint density at radius 3 is 2.50 bits per heavy atom. The normalized spacial score (nSPS) is 15.8. The van der Waals surface area contributed by atoms with Crippen molar-refractivity contribution in [2.75, 3.05) is 39.5 Å². The van der Waals surface area contributed by atoms with Gasteiger partial charge in [0.2, 0.25) is 0 Å². The predicted octanol–water partition coefficient (Wildman–Crippen LogP) is 2.95. The third-order valence-electron chi connectivity index (χ3n) is 4.85. The van der Waals surface area contributed by atoms with Gasteiger partial charge in [0.05, 0.1) is 13.2 Å². The molecule has 0 spiro atoms. The summed E-state index contributed by atoms with van der Waals surface area (Å²) in [5.74, 6) is 0.0627. The molecule has 0 radical (unpaired) electrons. The van der Waals surface area contributed by atoms with Gasteiger partial charge in [0.1, 0.15) is 11.6 Å². The number of hydrogen-bond donors (Lipinski definition) is 0. The van der Waals surface area contributed by atoms with Crippen LogP contribution in [0.1, 0.15) is 12.5 Å². The van der Waals surface area contributed by atoms with E-state index in [1.54, 1.807) is 0 Å². The Labute approximate surface area is 165 Å². The molecule has 2 aromatic rings. The number of ether oxygens (including phenoxy) is 2. The van der Waals surface area contributed by atoms with Crippen LogP contribution in [0.4, 0.5) is 4.39 Å². The van der Waals surface area contributed by atoms with Crippen LogP contribution in [0.15, 0.2) is 54.6 Å². The maximum atomic E-state index is 13.0. The number of amides is 1. The van der Waals surface area contributed by atoms with Crippen LogP contribution in [0.3, 0.4) is 0 Å². The third-order valence-corrected chi connectivity index (χ3v) is 4.85. The molecule has 1 aliphatic rings. The van der Waals surface area contributed by atoms with Gasteiger partial charge in [-0.1, -0.05) is 30.3 Å². The number of hydrogen-bond acceptors (Lipinski definition) is 4. The molecule has 1 unspecified atom stereocenters. The molecule has 1 amide bonds. The van der Waals surface area contributed by atoms with Crippen molar-refractivity contribution >= 4 is 5.91 Å². The van der Waals surface area contributed by atoms with E-state index in [0.29, 0.717) is 12.3 Å². The van der Waals surface area contributed by atoms with Crippen LogP contribution in [0.5, 0.6) is 5.75 Å². The minimum Gasteiger partial charge on any atom is -0.484 e. The molecule has 28 heavy (non-hydrogen) atoms. The number of benzene rings is 2. The van der Waals surface area contributed by atoms with E-state index < -0.39 is 0 Å². The summed E-state index contributed by atoms with van der Waals surface area (Å²) in [4.78, 5) is 17.1. The van der Waals surface area contributed by atoms with E-state index in [9.17, 15) is 9.18 Å². The molecule has 1 heterocycles. The van der Waals surface area contributed by atoms with Crippen molar-refractivity contribution in [1.29, 1.82) is 0 Å². The van der Waals surface area contributed by atoms with E-state index in [2.05, 4.69) is 11.8 Å². The first-order valence-electron chi connectivity index (χ1n) is 9.63. The molecule has 1 fully saturated rings. The van der Waals surface area contributed by atoms with Crippen molar-refractivity contribution in [2.45, 2.75) is 19.5 Å². The van der Waals surface area contributed by atoms with E-state index in [-0.39, 0.29) is 24.4 Å². The summed E-state index contributed by atoms with van der Waals surface area (Å²) in [5.41, 5.74) is 1.08. The Kier molecular flexibility index (Phi) is 7.39. The van der Waals surface area contributed by atoms with Crippen molar-refractivity contribution in [3.8, 4) is 5.75 Å². The third kappa shape index (κ3) is 6.04. The van der Waals surface area contributed by atoms with Crippen molar-refractivity contribution in [3.63, 3.8) is 0 Å². The Morgan fingerprint density at radius 1 is 1.14 bits per heavy atom. The van der Waals surface area contributed by atoms with Gasteiger partial charge in [0.25, 0.3) is 5.91 Å². The summed E-state index contributed by atoms with van der Waals surface area (Å²) in [5, 5.41) is 0. The molecular weight excluding hydrogens is 359 g/mol. The van der Waals surface area contributed by atoms with Crippen molar-refractivity contribution in [2.24, 2.45) is 0 Å². The number of halogens is 1. The second kappa shape index (κ2) is 10.2. The van der Waals surface area contributed by atoms with Crippen LogP contribution >= 0.6 is 0 Å². The Morgan fingerprint density at radius 2 is 1.82 bits per heavy atom. The standard InChI is InChI=1S/C22H27FN2O3/c1-18(15-24-11-13-27-14-12-24)25(16-19-5-3-2-4-6-19)22(26)17-28-21-9-7-20(23)8-10-21/h2-10,18H,11-17H2,1H3. The van der Waals surface area contributed by atoms with Crippen molar-refractivity contribution < 1.29 is 18.7 Å². The van der Waals surface area contributed by atoms with Crippen LogP contribution < -0.4 is 4.74 Å². The summed E-state index contributed by atoms with van der Waals surface area (Å²) in [6.45, 7) is 6.52. The molecule has 1 atom stereocenters. The summed E-state index contributed by atoms with van der Waals surface area (Å²) < 4.78 is 24.0. The van der Waals surface area contributed by atoms with E-state index in [4.69, 9.17) is 9.47 Å². The van der Waals surface area contributed by atoms with E-state index in [1.165, 1.54) is 24.3 Å². The average molecular weight is 386 g/mol. The van der Waals surface area contributed by atoms with Gasteiger partial charge < -0.3 is 14.4 Å². The molecule has 0 aromatic heterocycles. The Bertz CT molecular complexity index is 733. The second-order valence-electron chi connectivity index (χ2n) is 7.01. The van der Waals surface area contributed by atoms with Gasteiger partial charge in [-0.15, -0.1) is 0 Å². The van der Waals surface area contributed by atoms with Gasteiger partial charge in [-0.25, -0.2) is 4.39 Å². The summed E-state index contributed by atoms with van der Waals surface area (Å²) in [6.07, 6.45) is 0. The largest absolute Gasteiger partial charge is 0.484 e. The number of carbonyl (C=O) groups is 1. The molecule has 6 heteroatoms. The maximum Gasteiger partial charge on any atom is 0.261 e. The first kappa shape index (κ1) is 20.3. The van der Waals surface area contributed by atoms with Gasteiger partial charge in [0.15, 0.2) is 6.61 Å². The average Bonchev–Trinajstić information content (AvgIpc) is 2.73. The monoisotopic (exact) mass is 386 g/mol. The molecule has 0 bridgehead atoms. The summed E-state index contributed by atoms with van der Waals surface area (Å²) in [7, 11) is 0. The fraction of sp³-hybridized carbons (Fsp3) is 0.409.